The third-order valence-corrected chi connectivity index (χ3v) is 2.26. The summed E-state index contributed by atoms with van der Waals surface area (Å²) in [6.45, 7) is 14.8. The third-order valence-electron chi connectivity index (χ3n) is 2.26. The first-order chi connectivity index (χ1) is 14.7. The topological polar surface area (TPSA) is 197 Å². The van der Waals surface area contributed by atoms with Crippen molar-refractivity contribution in [3.8, 4) is 0 Å². The van der Waals surface area contributed by atoms with E-state index in [4.69, 9.17) is 11.1 Å². The molecule has 0 heterocycles. The van der Waals surface area contributed by atoms with Crippen LogP contribution in [0.25, 0.3) is 0 Å². The first kappa shape index (κ1) is 36.2. The van der Waals surface area contributed by atoms with E-state index in [1.807, 2.05) is 0 Å². The predicted molar refractivity (Wildman–Crippen MR) is 127 cm³/mol. The summed E-state index contributed by atoms with van der Waals surface area (Å²) in [7, 11) is 0. The average molecular weight is 459 g/mol. The summed E-state index contributed by atoms with van der Waals surface area (Å²) < 4.78 is 0. The number of hydrogen-bond donors (Lipinski definition) is 6. The van der Waals surface area contributed by atoms with Gasteiger partial charge < -0.3 is 32.8 Å². The Kier molecular flexibility index (Phi) is 27.2. The molecule has 0 saturated heterocycles. The largest absolute Gasteiger partial charge is 0.402 e. The van der Waals surface area contributed by atoms with E-state index in [2.05, 4.69) is 56.3 Å². The Morgan fingerprint density at radius 2 is 1.41 bits per heavy atom. The predicted octanol–water partition coefficient (Wildman–Crippen LogP) is 0.375. The highest BCUT2D eigenvalue weighted by Gasteiger charge is 2.17. The molecular formula is C21H42N6O5. The first-order valence-electron chi connectivity index (χ1n) is 10.2. The molecule has 0 bridgehead atoms. The number of allylic oxidation sites excluding steroid dienone is 2. The summed E-state index contributed by atoms with van der Waals surface area (Å²) >= 11 is 0. The molecule has 4 amide bonds. The average Bonchev–Trinajstić information content (AvgIpc) is 2.63. The molecule has 0 spiro atoms. The second-order valence-electron chi connectivity index (χ2n) is 7.30. The van der Waals surface area contributed by atoms with Gasteiger partial charge in [0.15, 0.2) is 0 Å². The van der Waals surface area contributed by atoms with Crippen molar-refractivity contribution < 1.29 is 24.0 Å². The lowest BCUT2D eigenvalue weighted by atomic mass is 10.3. The normalized spacial score (nSPS) is 10.3. The zero-order valence-corrected chi connectivity index (χ0v) is 20.6. The van der Waals surface area contributed by atoms with Crippen molar-refractivity contribution in [3.63, 3.8) is 0 Å². The fourth-order valence-corrected chi connectivity index (χ4v) is 1.24. The number of amides is 4. The fourth-order valence-electron chi connectivity index (χ4n) is 1.24. The summed E-state index contributed by atoms with van der Waals surface area (Å²) in [5.41, 5.74) is 11.1. The van der Waals surface area contributed by atoms with Gasteiger partial charge >= 0.3 is 0 Å². The van der Waals surface area contributed by atoms with E-state index < -0.39 is 36.1 Å². The van der Waals surface area contributed by atoms with Crippen LogP contribution >= 0.6 is 0 Å². The molecule has 0 aromatic carbocycles. The Bertz CT molecular complexity index is 611. The summed E-state index contributed by atoms with van der Waals surface area (Å²) in [6.07, 6.45) is 3.20. The molecule has 0 aliphatic carbocycles. The summed E-state index contributed by atoms with van der Waals surface area (Å²) in [5, 5.41) is 13.4. The summed E-state index contributed by atoms with van der Waals surface area (Å²) in [4.78, 5) is 53.6. The van der Waals surface area contributed by atoms with Crippen LogP contribution in [0.15, 0.2) is 11.8 Å². The van der Waals surface area contributed by atoms with Crippen LogP contribution < -0.4 is 27.4 Å². The van der Waals surface area contributed by atoms with Crippen molar-refractivity contribution in [3.05, 3.63) is 11.8 Å². The molecule has 11 heteroatoms. The number of carbonyl (C=O) groups excluding carboxylic acids is 5. The van der Waals surface area contributed by atoms with E-state index in [1.54, 1.807) is 19.9 Å². The number of Topliss-reactive ketones (excluding diaryl/α,β-unsaturated/α-hetero) is 1. The standard InChI is InChI=1S/C9H14N4O5.C5H10N2.C4H10.C3H8/c1-5(13-7(16)3-11-4-14)9(18)12-2-6(15)8(10)17;1-4(6)3-5(2)7;1-4(2)3;1-3-2/h4-5H,2-3H2,1H3,(H2,10,17)(H,11,14)(H,12,18)(H,13,16);3,6H,7H2,1-2H3;4H,1-3H3;3H2,1-2H3/b;5-3-,6-4?;;/t5-;;;/m0.../s1. The van der Waals surface area contributed by atoms with Crippen molar-refractivity contribution in [2.75, 3.05) is 13.1 Å². The third kappa shape index (κ3) is 37.5. The Labute approximate surface area is 191 Å². The minimum absolute atomic E-state index is 0.263. The van der Waals surface area contributed by atoms with Gasteiger partial charge in [-0.2, -0.15) is 0 Å². The molecule has 0 fully saturated rings. The number of nitrogens with one attached hydrogen (secondary N) is 4. The number of primary amides is 1. The molecule has 0 aliphatic heterocycles. The van der Waals surface area contributed by atoms with Gasteiger partial charge in [-0.05, 0) is 32.8 Å². The van der Waals surface area contributed by atoms with Crippen molar-refractivity contribution in [2.45, 2.75) is 67.9 Å². The van der Waals surface area contributed by atoms with E-state index in [9.17, 15) is 24.0 Å². The molecular weight excluding hydrogens is 416 g/mol. The van der Waals surface area contributed by atoms with Crippen LogP contribution in [0.5, 0.6) is 0 Å². The number of nitrogens with two attached hydrogens (primary N) is 2. The Hall–Kier alpha value is -3.24. The molecule has 0 radical (unpaired) electrons. The van der Waals surface area contributed by atoms with Gasteiger partial charge in [0.1, 0.15) is 6.04 Å². The molecule has 0 aliphatic rings. The lowest BCUT2D eigenvalue weighted by Gasteiger charge is -2.13. The van der Waals surface area contributed by atoms with Crippen molar-refractivity contribution >= 4 is 35.6 Å². The van der Waals surface area contributed by atoms with Crippen LogP contribution in [0, 0.1) is 11.3 Å². The second kappa shape index (κ2) is 24.0. The highest BCUT2D eigenvalue weighted by atomic mass is 16.2. The smallest absolute Gasteiger partial charge is 0.286 e. The minimum atomic E-state index is -1.15. The van der Waals surface area contributed by atoms with E-state index >= 15 is 0 Å². The molecule has 0 aromatic heterocycles. The number of rotatable bonds is 9. The lowest BCUT2D eigenvalue weighted by molar-refractivity contribution is -0.136. The highest BCUT2D eigenvalue weighted by Crippen LogP contribution is 1.82. The van der Waals surface area contributed by atoms with Gasteiger partial charge in [-0.15, -0.1) is 0 Å². The summed E-state index contributed by atoms with van der Waals surface area (Å²) in [6, 6.07) is -0.911. The van der Waals surface area contributed by atoms with Crippen molar-refractivity contribution in [1.82, 2.24) is 16.0 Å². The number of hydrogen-bond acceptors (Lipinski definition) is 7. The second-order valence-corrected chi connectivity index (χ2v) is 7.30. The van der Waals surface area contributed by atoms with E-state index in [0.717, 1.165) is 5.92 Å². The van der Waals surface area contributed by atoms with Gasteiger partial charge in [-0.3, -0.25) is 24.0 Å². The maximum absolute atomic E-state index is 11.4. The highest BCUT2D eigenvalue weighted by molar-refractivity contribution is 6.36. The fraction of sp³-hybridized carbons (Fsp3) is 0.619. The van der Waals surface area contributed by atoms with Gasteiger partial charge in [0.2, 0.25) is 24.0 Å². The monoisotopic (exact) mass is 458 g/mol. The lowest BCUT2D eigenvalue weighted by Crippen LogP contribution is -2.49. The van der Waals surface area contributed by atoms with Crippen molar-refractivity contribution in [2.24, 2.45) is 17.4 Å². The molecule has 1 atom stereocenters. The number of ketones is 1. The van der Waals surface area contributed by atoms with Gasteiger partial charge in [-0.25, -0.2) is 0 Å². The van der Waals surface area contributed by atoms with Gasteiger partial charge in [0.05, 0.1) is 13.1 Å². The quantitative estimate of drug-likeness (QED) is 0.164. The number of carbonyl (C=O) groups is 5. The molecule has 32 heavy (non-hydrogen) atoms. The van der Waals surface area contributed by atoms with Crippen LogP contribution in [0.3, 0.4) is 0 Å². The maximum atomic E-state index is 11.4. The molecule has 0 saturated carbocycles. The Morgan fingerprint density at radius 1 is 0.969 bits per heavy atom. The van der Waals surface area contributed by atoms with E-state index in [0.29, 0.717) is 17.8 Å². The first-order valence-corrected chi connectivity index (χ1v) is 10.2. The maximum Gasteiger partial charge on any atom is 0.286 e. The Morgan fingerprint density at radius 3 is 1.69 bits per heavy atom. The molecule has 8 N–H and O–H groups in total. The molecule has 0 unspecified atom stereocenters. The van der Waals surface area contributed by atoms with Gasteiger partial charge in [0, 0.05) is 11.4 Å². The van der Waals surface area contributed by atoms with Crippen LogP contribution in [0.4, 0.5) is 0 Å². The summed E-state index contributed by atoms with van der Waals surface area (Å²) in [5.74, 6) is -2.47. The van der Waals surface area contributed by atoms with Gasteiger partial charge in [-0.1, -0.05) is 41.0 Å². The van der Waals surface area contributed by atoms with Crippen LogP contribution in [0.1, 0.15) is 61.8 Å². The van der Waals surface area contributed by atoms with E-state index in [-0.39, 0.29) is 6.54 Å². The molecule has 0 aromatic rings. The van der Waals surface area contributed by atoms with Gasteiger partial charge in [0.25, 0.3) is 5.91 Å². The van der Waals surface area contributed by atoms with Crippen LogP contribution in [-0.4, -0.2) is 54.8 Å². The SMILES string of the molecule is CC(=N)/C=C(/C)N.CC(C)C.CCC.C[C@H](NC(=O)CNC=O)C(=O)NCC(=O)C(N)=O. The minimum Gasteiger partial charge on any atom is -0.402 e. The zero-order chi connectivity index (χ0) is 26.3. The molecule has 0 rings (SSSR count). The molecule has 186 valence electrons. The van der Waals surface area contributed by atoms with E-state index in [1.165, 1.54) is 13.3 Å². The van der Waals surface area contributed by atoms with Crippen molar-refractivity contribution in [1.29, 1.82) is 5.41 Å². The van der Waals surface area contributed by atoms with Crippen LogP contribution in [0.2, 0.25) is 0 Å². The Balaban J connectivity index is -0.000000228. The molecule has 11 nitrogen and oxygen atoms in total. The zero-order valence-electron chi connectivity index (χ0n) is 20.6. The van der Waals surface area contributed by atoms with Crippen LogP contribution in [-0.2, 0) is 24.0 Å².